The van der Waals surface area contributed by atoms with Gasteiger partial charge in [0.05, 0.1) is 18.2 Å². The first-order chi connectivity index (χ1) is 11.5. The van der Waals surface area contributed by atoms with Crippen LogP contribution in [0.15, 0.2) is 28.8 Å². The maximum atomic E-state index is 12.5. The number of benzene rings is 1. The molecule has 2 aromatic rings. The maximum Gasteiger partial charge on any atom is 0.387 e. The van der Waals surface area contributed by atoms with E-state index >= 15 is 0 Å². The van der Waals surface area contributed by atoms with Crippen molar-refractivity contribution in [3.8, 4) is 17.1 Å². The van der Waals surface area contributed by atoms with E-state index in [1.54, 1.807) is 18.2 Å². The highest BCUT2D eigenvalue weighted by Gasteiger charge is 2.30. The summed E-state index contributed by atoms with van der Waals surface area (Å²) in [6, 6.07) is 5.85. The second kappa shape index (κ2) is 6.91. The highest BCUT2D eigenvalue weighted by molar-refractivity contribution is 5.80. The third-order valence-electron chi connectivity index (χ3n) is 3.84. The number of nitrogens with two attached hydrogens (primary N) is 1. The van der Waals surface area contributed by atoms with Gasteiger partial charge in [-0.2, -0.15) is 13.8 Å². The van der Waals surface area contributed by atoms with Gasteiger partial charge in [-0.15, -0.1) is 0 Å². The number of likely N-dealkylation sites (tertiary alicyclic amines) is 1. The van der Waals surface area contributed by atoms with Crippen LogP contribution in [0.1, 0.15) is 18.7 Å². The van der Waals surface area contributed by atoms with Gasteiger partial charge in [-0.1, -0.05) is 17.3 Å². The molecule has 1 atom stereocenters. The number of rotatable bonds is 6. The lowest BCUT2D eigenvalue weighted by Crippen LogP contribution is -2.39. The first-order valence-electron chi connectivity index (χ1n) is 7.45. The van der Waals surface area contributed by atoms with Gasteiger partial charge >= 0.3 is 6.61 Å². The van der Waals surface area contributed by atoms with Gasteiger partial charge in [0.2, 0.25) is 17.6 Å². The van der Waals surface area contributed by atoms with E-state index in [2.05, 4.69) is 14.9 Å². The number of nitrogens with zero attached hydrogens (tertiary/aromatic N) is 3. The minimum absolute atomic E-state index is 0.0314. The lowest BCUT2D eigenvalue weighted by molar-refractivity contribution is -0.122. The van der Waals surface area contributed by atoms with E-state index in [1.165, 1.54) is 6.07 Å². The van der Waals surface area contributed by atoms with Crippen molar-refractivity contribution in [1.82, 2.24) is 15.0 Å². The van der Waals surface area contributed by atoms with Crippen LogP contribution in [0.2, 0.25) is 0 Å². The number of primary amides is 1. The van der Waals surface area contributed by atoms with Gasteiger partial charge in [0.15, 0.2) is 0 Å². The monoisotopic (exact) mass is 338 g/mol. The Balaban J connectivity index is 1.78. The minimum atomic E-state index is -2.95. The Bertz CT molecular complexity index is 722. The minimum Gasteiger partial charge on any atom is -0.434 e. The van der Waals surface area contributed by atoms with Crippen molar-refractivity contribution in [2.24, 2.45) is 5.73 Å². The zero-order valence-electron chi connectivity index (χ0n) is 12.7. The zero-order valence-corrected chi connectivity index (χ0v) is 12.7. The van der Waals surface area contributed by atoms with Gasteiger partial charge in [0, 0.05) is 0 Å². The highest BCUT2D eigenvalue weighted by Crippen LogP contribution is 2.29. The Morgan fingerprint density at radius 1 is 1.46 bits per heavy atom. The number of hydrogen-bond donors (Lipinski definition) is 1. The summed E-state index contributed by atoms with van der Waals surface area (Å²) in [4.78, 5) is 17.5. The van der Waals surface area contributed by atoms with Crippen molar-refractivity contribution in [3.05, 3.63) is 30.2 Å². The summed E-state index contributed by atoms with van der Waals surface area (Å²) in [7, 11) is 0. The second-order valence-corrected chi connectivity index (χ2v) is 5.42. The molecular formula is C15H16F2N4O3. The molecule has 1 aromatic carbocycles. The Labute approximate surface area is 136 Å². The summed E-state index contributed by atoms with van der Waals surface area (Å²) in [6.45, 7) is -1.96. The Morgan fingerprint density at radius 2 is 2.25 bits per heavy atom. The predicted molar refractivity (Wildman–Crippen MR) is 79.0 cm³/mol. The predicted octanol–water partition coefficient (Wildman–Crippen LogP) is 1.79. The molecule has 1 amide bonds. The van der Waals surface area contributed by atoms with Crippen LogP contribution in [0.5, 0.6) is 5.75 Å². The molecule has 1 saturated heterocycles. The third kappa shape index (κ3) is 3.51. The molecule has 0 radical (unpaired) electrons. The van der Waals surface area contributed by atoms with E-state index in [0.717, 1.165) is 6.42 Å². The molecule has 1 aliphatic rings. The number of amides is 1. The van der Waals surface area contributed by atoms with Crippen molar-refractivity contribution < 1.29 is 22.8 Å². The summed E-state index contributed by atoms with van der Waals surface area (Å²) >= 11 is 0. The average molecular weight is 338 g/mol. The molecule has 1 aliphatic heterocycles. The molecule has 1 aromatic heterocycles. The number of halogens is 2. The normalized spacial score (nSPS) is 18.2. The van der Waals surface area contributed by atoms with Gasteiger partial charge in [-0.3, -0.25) is 9.69 Å². The van der Waals surface area contributed by atoms with Crippen LogP contribution >= 0.6 is 0 Å². The van der Waals surface area contributed by atoms with Crippen LogP contribution in [0.25, 0.3) is 11.4 Å². The van der Waals surface area contributed by atoms with Crippen LogP contribution in [0.3, 0.4) is 0 Å². The summed E-state index contributed by atoms with van der Waals surface area (Å²) in [5.41, 5.74) is 5.68. The summed E-state index contributed by atoms with van der Waals surface area (Å²) in [6.07, 6.45) is 1.56. The fourth-order valence-electron chi connectivity index (χ4n) is 2.79. The molecule has 1 unspecified atom stereocenters. The van der Waals surface area contributed by atoms with Gasteiger partial charge in [-0.05, 0) is 31.5 Å². The van der Waals surface area contributed by atoms with Gasteiger partial charge in [0.25, 0.3) is 0 Å². The van der Waals surface area contributed by atoms with E-state index < -0.39 is 6.61 Å². The molecule has 7 nitrogen and oxygen atoms in total. The first kappa shape index (κ1) is 16.3. The number of hydrogen-bond acceptors (Lipinski definition) is 6. The Morgan fingerprint density at radius 3 is 3.00 bits per heavy atom. The van der Waals surface area contributed by atoms with Gasteiger partial charge < -0.3 is 15.0 Å². The van der Waals surface area contributed by atoms with Crippen LogP contribution in [0.4, 0.5) is 8.78 Å². The quantitative estimate of drug-likeness (QED) is 0.863. The number of carbonyl (C=O) groups excluding carboxylic acids is 1. The molecule has 9 heteroatoms. The summed E-state index contributed by atoms with van der Waals surface area (Å²) in [5.74, 6) is 0.0139. The van der Waals surface area contributed by atoms with E-state index in [0.29, 0.717) is 18.5 Å². The number of para-hydroxylation sites is 1. The van der Waals surface area contributed by atoms with Crippen molar-refractivity contribution in [2.75, 3.05) is 6.54 Å². The Hall–Kier alpha value is -2.55. The average Bonchev–Trinajstić information content (AvgIpc) is 3.17. The van der Waals surface area contributed by atoms with Gasteiger partial charge in [0.1, 0.15) is 5.75 Å². The first-order valence-corrected chi connectivity index (χ1v) is 7.45. The number of ether oxygens (including phenoxy) is 1. The molecule has 3 rings (SSSR count). The SMILES string of the molecule is NC(=O)C1CCCN1Cc1nc(-c2ccccc2OC(F)F)no1. The maximum absolute atomic E-state index is 12.5. The van der Waals surface area contributed by atoms with E-state index in [-0.39, 0.29) is 36.0 Å². The largest absolute Gasteiger partial charge is 0.434 e. The highest BCUT2D eigenvalue weighted by atomic mass is 19.3. The molecule has 2 heterocycles. The lowest BCUT2D eigenvalue weighted by atomic mass is 10.2. The molecule has 0 aliphatic carbocycles. The molecule has 0 bridgehead atoms. The van der Waals surface area contributed by atoms with E-state index in [1.807, 2.05) is 4.90 Å². The summed E-state index contributed by atoms with van der Waals surface area (Å²) < 4.78 is 34.6. The zero-order chi connectivity index (χ0) is 17.1. The van der Waals surface area contributed by atoms with Crippen LogP contribution in [-0.2, 0) is 11.3 Å². The van der Waals surface area contributed by atoms with E-state index in [9.17, 15) is 13.6 Å². The van der Waals surface area contributed by atoms with Crippen molar-refractivity contribution >= 4 is 5.91 Å². The van der Waals surface area contributed by atoms with Gasteiger partial charge in [-0.25, -0.2) is 0 Å². The molecule has 0 saturated carbocycles. The second-order valence-electron chi connectivity index (χ2n) is 5.42. The topological polar surface area (TPSA) is 94.5 Å². The number of alkyl halides is 2. The van der Waals surface area contributed by atoms with Crippen LogP contribution in [0, 0.1) is 0 Å². The van der Waals surface area contributed by atoms with Crippen molar-refractivity contribution in [2.45, 2.75) is 32.0 Å². The van der Waals surface area contributed by atoms with Crippen LogP contribution < -0.4 is 10.5 Å². The lowest BCUT2D eigenvalue weighted by Gasteiger charge is -2.19. The molecule has 2 N–H and O–H groups in total. The molecule has 1 fully saturated rings. The summed E-state index contributed by atoms with van der Waals surface area (Å²) in [5, 5.41) is 3.81. The Kier molecular flexibility index (Phi) is 4.70. The third-order valence-corrected chi connectivity index (χ3v) is 3.84. The number of aromatic nitrogens is 2. The smallest absolute Gasteiger partial charge is 0.387 e. The van der Waals surface area contributed by atoms with Crippen molar-refractivity contribution in [3.63, 3.8) is 0 Å². The van der Waals surface area contributed by atoms with Crippen molar-refractivity contribution in [1.29, 1.82) is 0 Å². The molecule has 0 spiro atoms. The molecular weight excluding hydrogens is 322 g/mol. The fraction of sp³-hybridized carbons (Fsp3) is 0.400. The number of carbonyl (C=O) groups is 1. The standard InChI is InChI=1S/C15H16F2N4O3/c16-15(17)23-11-6-2-1-4-9(11)14-19-12(24-20-14)8-21-7-3-5-10(21)13(18)22/h1-2,4,6,10,15H,3,5,7-8H2,(H2,18,22). The fourth-order valence-corrected chi connectivity index (χ4v) is 2.79. The van der Waals surface area contributed by atoms with Crippen LogP contribution in [-0.4, -0.2) is 40.1 Å². The molecule has 24 heavy (non-hydrogen) atoms. The van der Waals surface area contributed by atoms with E-state index in [4.69, 9.17) is 10.3 Å². The molecule has 128 valence electrons.